The second-order valence-corrected chi connectivity index (χ2v) is 4.81. The molecule has 0 aliphatic heterocycles. The van der Waals surface area contributed by atoms with Gasteiger partial charge in [-0.2, -0.15) is 0 Å². The zero-order chi connectivity index (χ0) is 14.6. The molecule has 1 aromatic carbocycles. The largest absolute Gasteiger partial charge is 0.368 e. The maximum atomic E-state index is 11.8. The highest BCUT2D eigenvalue weighted by molar-refractivity contribution is 5.85. The molecule has 6 heteroatoms. The number of nitro benzene ring substituents is 1. The molecule has 6 nitrogen and oxygen atoms in total. The van der Waals surface area contributed by atoms with Gasteiger partial charge in [-0.3, -0.25) is 14.9 Å². The minimum Gasteiger partial charge on any atom is -0.368 e. The number of nitrogens with zero attached hydrogens (tertiary/aromatic N) is 1. The smallest absolute Gasteiger partial charge is 0.292 e. The second kappa shape index (κ2) is 6.17. The van der Waals surface area contributed by atoms with E-state index in [1.807, 2.05) is 13.8 Å². The lowest BCUT2D eigenvalue weighted by Crippen LogP contribution is -2.41. The number of nitrogens with one attached hydrogen (secondary N) is 2. The monoisotopic (exact) mass is 265 g/mol. The summed E-state index contributed by atoms with van der Waals surface area (Å²) >= 11 is 0. The topological polar surface area (TPSA) is 84.3 Å². The summed E-state index contributed by atoms with van der Waals surface area (Å²) in [6.45, 7) is 7.17. The maximum absolute atomic E-state index is 11.8. The molecule has 104 valence electrons. The predicted molar refractivity (Wildman–Crippen MR) is 74.2 cm³/mol. The van der Waals surface area contributed by atoms with Crippen LogP contribution >= 0.6 is 0 Å². The fourth-order valence-corrected chi connectivity index (χ4v) is 1.62. The van der Waals surface area contributed by atoms with E-state index in [2.05, 4.69) is 10.6 Å². The van der Waals surface area contributed by atoms with Gasteiger partial charge in [0.05, 0.1) is 4.92 Å². The number of benzene rings is 1. The van der Waals surface area contributed by atoms with Crippen LogP contribution in [0.4, 0.5) is 11.4 Å². The zero-order valence-electron chi connectivity index (χ0n) is 11.6. The van der Waals surface area contributed by atoms with Crippen molar-refractivity contribution in [2.24, 2.45) is 0 Å². The van der Waals surface area contributed by atoms with E-state index in [4.69, 9.17) is 0 Å². The molecule has 1 unspecified atom stereocenters. The van der Waals surface area contributed by atoms with Crippen molar-refractivity contribution in [2.45, 2.75) is 39.8 Å². The molecule has 0 aliphatic carbocycles. The van der Waals surface area contributed by atoms with Crippen molar-refractivity contribution in [3.8, 4) is 0 Å². The van der Waals surface area contributed by atoms with Crippen LogP contribution in [0.5, 0.6) is 0 Å². The summed E-state index contributed by atoms with van der Waals surface area (Å²) in [7, 11) is 0. The summed E-state index contributed by atoms with van der Waals surface area (Å²) in [6, 6.07) is 4.36. The van der Waals surface area contributed by atoms with Crippen molar-refractivity contribution in [1.82, 2.24) is 5.32 Å². The quantitative estimate of drug-likeness (QED) is 0.631. The Labute approximate surface area is 112 Å². The Balaban J connectivity index is 2.87. The highest BCUT2D eigenvalue weighted by Crippen LogP contribution is 2.25. The van der Waals surface area contributed by atoms with Crippen LogP contribution in [0.3, 0.4) is 0 Å². The third-order valence-electron chi connectivity index (χ3n) is 2.55. The molecule has 0 saturated heterocycles. The molecule has 0 aliphatic rings. The predicted octanol–water partition coefficient (Wildman–Crippen LogP) is 2.23. The van der Waals surface area contributed by atoms with Crippen LogP contribution in [-0.2, 0) is 4.79 Å². The lowest BCUT2D eigenvalue weighted by Gasteiger charge is -2.17. The van der Waals surface area contributed by atoms with E-state index in [1.54, 1.807) is 26.0 Å². The van der Waals surface area contributed by atoms with Crippen LogP contribution in [0.25, 0.3) is 0 Å². The Morgan fingerprint density at radius 1 is 1.32 bits per heavy atom. The van der Waals surface area contributed by atoms with E-state index in [-0.39, 0.29) is 17.6 Å². The number of hydrogen-bond acceptors (Lipinski definition) is 4. The zero-order valence-corrected chi connectivity index (χ0v) is 11.6. The van der Waals surface area contributed by atoms with Crippen molar-refractivity contribution in [3.05, 3.63) is 33.9 Å². The van der Waals surface area contributed by atoms with Crippen LogP contribution < -0.4 is 10.6 Å². The van der Waals surface area contributed by atoms with Gasteiger partial charge < -0.3 is 10.6 Å². The van der Waals surface area contributed by atoms with Crippen LogP contribution in [-0.4, -0.2) is 22.9 Å². The third-order valence-corrected chi connectivity index (χ3v) is 2.55. The summed E-state index contributed by atoms with van der Waals surface area (Å²) in [5.74, 6) is -0.190. The molecule has 0 saturated carbocycles. The molecule has 0 spiro atoms. The van der Waals surface area contributed by atoms with Gasteiger partial charge in [0.2, 0.25) is 5.91 Å². The summed E-state index contributed by atoms with van der Waals surface area (Å²) in [5, 5.41) is 16.6. The number of aryl methyl sites for hydroxylation is 1. The van der Waals surface area contributed by atoms with Crippen molar-refractivity contribution in [3.63, 3.8) is 0 Å². The van der Waals surface area contributed by atoms with Crippen LogP contribution in [0.15, 0.2) is 18.2 Å². The Hall–Kier alpha value is -2.11. The first-order valence-corrected chi connectivity index (χ1v) is 6.13. The average Bonchev–Trinajstić information content (AvgIpc) is 2.30. The highest BCUT2D eigenvalue weighted by Gasteiger charge is 2.19. The molecule has 0 bridgehead atoms. The number of anilines is 1. The minimum atomic E-state index is -0.538. The fourth-order valence-electron chi connectivity index (χ4n) is 1.62. The average molecular weight is 265 g/mol. The molecular formula is C13H19N3O3. The van der Waals surface area contributed by atoms with E-state index in [0.717, 1.165) is 5.56 Å². The Kier molecular flexibility index (Phi) is 4.86. The van der Waals surface area contributed by atoms with Gasteiger partial charge in [0.1, 0.15) is 11.7 Å². The molecule has 1 aromatic rings. The summed E-state index contributed by atoms with van der Waals surface area (Å²) < 4.78 is 0. The van der Waals surface area contributed by atoms with Crippen LogP contribution in [0, 0.1) is 17.0 Å². The Bertz CT molecular complexity index is 486. The first-order chi connectivity index (χ1) is 8.81. The van der Waals surface area contributed by atoms with Gasteiger partial charge in [-0.25, -0.2) is 0 Å². The lowest BCUT2D eigenvalue weighted by molar-refractivity contribution is -0.384. The van der Waals surface area contributed by atoms with Crippen molar-refractivity contribution in [2.75, 3.05) is 5.32 Å². The van der Waals surface area contributed by atoms with Gasteiger partial charge in [-0.1, -0.05) is 6.07 Å². The van der Waals surface area contributed by atoms with E-state index in [0.29, 0.717) is 5.69 Å². The SMILES string of the molecule is Cc1ccc(NC(C)C(=O)NC(C)C)c([N+](=O)[O-])c1. The van der Waals surface area contributed by atoms with E-state index in [1.165, 1.54) is 6.07 Å². The molecule has 0 heterocycles. The van der Waals surface area contributed by atoms with Crippen molar-refractivity contribution < 1.29 is 9.72 Å². The standard InChI is InChI=1S/C13H19N3O3/c1-8(2)14-13(17)10(4)15-11-6-5-9(3)7-12(11)16(18)19/h5-8,10,15H,1-4H3,(H,14,17). The molecule has 1 rings (SSSR count). The fraction of sp³-hybridized carbons (Fsp3) is 0.462. The first kappa shape index (κ1) is 14.9. The number of carbonyl (C=O) groups is 1. The summed E-state index contributed by atoms with van der Waals surface area (Å²) in [4.78, 5) is 22.3. The number of rotatable bonds is 5. The Morgan fingerprint density at radius 2 is 1.95 bits per heavy atom. The summed E-state index contributed by atoms with van der Waals surface area (Å²) in [5.41, 5.74) is 1.13. The summed E-state index contributed by atoms with van der Waals surface area (Å²) in [6.07, 6.45) is 0. The Morgan fingerprint density at radius 3 is 2.47 bits per heavy atom. The molecule has 0 aromatic heterocycles. The molecule has 0 fully saturated rings. The number of nitro groups is 1. The third kappa shape index (κ3) is 4.24. The van der Waals surface area contributed by atoms with Crippen molar-refractivity contribution in [1.29, 1.82) is 0 Å². The van der Waals surface area contributed by atoms with Gasteiger partial charge in [0.15, 0.2) is 0 Å². The van der Waals surface area contributed by atoms with E-state index in [9.17, 15) is 14.9 Å². The van der Waals surface area contributed by atoms with Gasteiger partial charge in [-0.15, -0.1) is 0 Å². The van der Waals surface area contributed by atoms with Gasteiger partial charge in [0, 0.05) is 12.1 Å². The van der Waals surface area contributed by atoms with Crippen molar-refractivity contribution >= 4 is 17.3 Å². The first-order valence-electron chi connectivity index (χ1n) is 6.13. The van der Waals surface area contributed by atoms with Crippen LogP contribution in [0.1, 0.15) is 26.3 Å². The van der Waals surface area contributed by atoms with E-state index < -0.39 is 11.0 Å². The molecule has 0 radical (unpaired) electrons. The second-order valence-electron chi connectivity index (χ2n) is 4.81. The van der Waals surface area contributed by atoms with Gasteiger partial charge in [0.25, 0.3) is 5.69 Å². The van der Waals surface area contributed by atoms with Gasteiger partial charge in [-0.05, 0) is 39.3 Å². The van der Waals surface area contributed by atoms with Gasteiger partial charge >= 0.3 is 0 Å². The van der Waals surface area contributed by atoms with Crippen LogP contribution in [0.2, 0.25) is 0 Å². The molecule has 1 atom stereocenters. The molecule has 19 heavy (non-hydrogen) atoms. The lowest BCUT2D eigenvalue weighted by atomic mass is 10.1. The highest BCUT2D eigenvalue weighted by atomic mass is 16.6. The number of amides is 1. The normalized spacial score (nSPS) is 12.1. The minimum absolute atomic E-state index is 0.0239. The molecular weight excluding hydrogens is 246 g/mol. The number of hydrogen-bond donors (Lipinski definition) is 2. The molecule has 2 N–H and O–H groups in total. The maximum Gasteiger partial charge on any atom is 0.292 e. The number of carbonyl (C=O) groups excluding carboxylic acids is 1. The van der Waals surface area contributed by atoms with E-state index >= 15 is 0 Å². The molecule has 1 amide bonds.